The van der Waals surface area contributed by atoms with Gasteiger partial charge in [0.05, 0.1) is 12.6 Å². The number of nitrogens with zero attached hydrogens (tertiary/aromatic N) is 2. The van der Waals surface area contributed by atoms with Gasteiger partial charge in [-0.25, -0.2) is 4.79 Å². The largest absolute Gasteiger partial charge is 0.465 e. The highest BCUT2D eigenvalue weighted by atomic mass is 16.5. The first-order chi connectivity index (χ1) is 9.61. The minimum absolute atomic E-state index is 0.0558. The highest BCUT2D eigenvalue weighted by Crippen LogP contribution is 2.20. The second-order valence-corrected chi connectivity index (χ2v) is 4.91. The van der Waals surface area contributed by atoms with Gasteiger partial charge in [-0.1, -0.05) is 30.3 Å². The van der Waals surface area contributed by atoms with Gasteiger partial charge < -0.3 is 14.7 Å². The molecule has 5 nitrogen and oxygen atoms in total. The van der Waals surface area contributed by atoms with E-state index in [1.165, 1.54) is 4.90 Å². The van der Waals surface area contributed by atoms with Crippen molar-refractivity contribution in [3.8, 4) is 0 Å². The molecule has 1 N–H and O–H groups in total. The molecule has 0 saturated carbocycles. The van der Waals surface area contributed by atoms with E-state index in [-0.39, 0.29) is 12.1 Å². The maximum atomic E-state index is 11.0. The normalized spacial score (nSPS) is 22.8. The van der Waals surface area contributed by atoms with Crippen LogP contribution in [0.4, 0.5) is 4.79 Å². The molecule has 5 heteroatoms. The van der Waals surface area contributed by atoms with Gasteiger partial charge in [0.2, 0.25) is 0 Å². The van der Waals surface area contributed by atoms with Gasteiger partial charge in [-0.2, -0.15) is 0 Å². The highest BCUT2D eigenvalue weighted by Gasteiger charge is 2.28. The van der Waals surface area contributed by atoms with E-state index in [0.29, 0.717) is 19.5 Å². The molecular weight excluding hydrogens is 256 g/mol. The van der Waals surface area contributed by atoms with Crippen LogP contribution >= 0.6 is 0 Å². The molecule has 20 heavy (non-hydrogen) atoms. The van der Waals surface area contributed by atoms with E-state index in [2.05, 4.69) is 0 Å². The third-order valence-electron chi connectivity index (χ3n) is 3.59. The van der Waals surface area contributed by atoms with Crippen LogP contribution in [0.2, 0.25) is 0 Å². The van der Waals surface area contributed by atoms with Crippen molar-refractivity contribution in [1.82, 2.24) is 4.90 Å². The van der Waals surface area contributed by atoms with Crippen LogP contribution in [0.5, 0.6) is 0 Å². The van der Waals surface area contributed by atoms with Gasteiger partial charge in [0, 0.05) is 25.8 Å². The summed E-state index contributed by atoms with van der Waals surface area (Å²) in [4.78, 5) is 17.1. The first kappa shape index (κ1) is 14.5. The number of benzene rings is 1. The van der Waals surface area contributed by atoms with E-state index >= 15 is 0 Å². The van der Waals surface area contributed by atoms with Crippen LogP contribution in [-0.4, -0.2) is 48.1 Å². The van der Waals surface area contributed by atoms with E-state index < -0.39 is 6.09 Å². The fraction of sp³-hybridized carbons (Fsp3) is 0.467. The van der Waals surface area contributed by atoms with Crippen LogP contribution in [-0.2, 0) is 4.74 Å². The molecule has 2 rings (SSSR count). The smallest absolute Gasteiger partial charge is 0.407 e. The summed E-state index contributed by atoms with van der Waals surface area (Å²) in [6, 6.07) is 10.1. The van der Waals surface area contributed by atoms with Crippen LogP contribution in [0.1, 0.15) is 24.9 Å². The fourth-order valence-electron chi connectivity index (χ4n) is 2.39. The van der Waals surface area contributed by atoms with Gasteiger partial charge in [0.1, 0.15) is 6.10 Å². The SMILES string of the molecule is COC1CN(C(=O)O)CCC1=NC(C)c1ccccc1. The first-order valence-electron chi connectivity index (χ1n) is 6.74. The average Bonchev–Trinajstić information content (AvgIpc) is 2.48. The Labute approximate surface area is 118 Å². The number of rotatable bonds is 3. The molecular formula is C15H20N2O3. The summed E-state index contributed by atoms with van der Waals surface area (Å²) in [5.74, 6) is 0. The number of piperidine rings is 1. The quantitative estimate of drug-likeness (QED) is 0.923. The summed E-state index contributed by atoms with van der Waals surface area (Å²) >= 11 is 0. The molecule has 0 aliphatic carbocycles. The van der Waals surface area contributed by atoms with Crippen molar-refractivity contribution >= 4 is 11.8 Å². The Bertz CT molecular complexity index is 487. The number of methoxy groups -OCH3 is 1. The Morgan fingerprint density at radius 2 is 2.15 bits per heavy atom. The lowest BCUT2D eigenvalue weighted by atomic mass is 10.0. The number of likely N-dealkylation sites (tertiary alicyclic amines) is 1. The summed E-state index contributed by atoms with van der Waals surface area (Å²) in [6.45, 7) is 2.88. The number of ether oxygens (including phenoxy) is 1. The molecule has 1 saturated heterocycles. The van der Waals surface area contributed by atoms with Gasteiger partial charge in [0.25, 0.3) is 0 Å². The second kappa shape index (κ2) is 6.52. The minimum Gasteiger partial charge on any atom is -0.465 e. The summed E-state index contributed by atoms with van der Waals surface area (Å²) < 4.78 is 5.39. The van der Waals surface area contributed by atoms with Gasteiger partial charge >= 0.3 is 6.09 Å². The van der Waals surface area contributed by atoms with Crippen molar-refractivity contribution < 1.29 is 14.6 Å². The zero-order valence-corrected chi connectivity index (χ0v) is 11.8. The summed E-state index contributed by atoms with van der Waals surface area (Å²) in [5, 5.41) is 9.03. The van der Waals surface area contributed by atoms with Crippen LogP contribution in [0.25, 0.3) is 0 Å². The van der Waals surface area contributed by atoms with Gasteiger partial charge in [-0.3, -0.25) is 4.99 Å². The molecule has 1 fully saturated rings. The van der Waals surface area contributed by atoms with Crippen molar-refractivity contribution in [2.24, 2.45) is 4.99 Å². The predicted molar refractivity (Wildman–Crippen MR) is 77.3 cm³/mol. The Morgan fingerprint density at radius 1 is 1.45 bits per heavy atom. The first-order valence-corrected chi connectivity index (χ1v) is 6.74. The molecule has 1 amide bonds. The third kappa shape index (κ3) is 3.36. The molecule has 108 valence electrons. The van der Waals surface area contributed by atoms with Crippen molar-refractivity contribution in [3.05, 3.63) is 35.9 Å². The van der Waals surface area contributed by atoms with Crippen molar-refractivity contribution in [2.75, 3.05) is 20.2 Å². The molecule has 2 unspecified atom stereocenters. The Balaban J connectivity index is 2.11. The maximum Gasteiger partial charge on any atom is 0.407 e. The molecule has 0 aromatic heterocycles. The fourth-order valence-corrected chi connectivity index (χ4v) is 2.39. The zero-order valence-electron chi connectivity index (χ0n) is 11.8. The second-order valence-electron chi connectivity index (χ2n) is 4.91. The van der Waals surface area contributed by atoms with Crippen molar-refractivity contribution in [2.45, 2.75) is 25.5 Å². The number of carbonyl (C=O) groups is 1. The summed E-state index contributed by atoms with van der Waals surface area (Å²) in [7, 11) is 1.60. The predicted octanol–water partition coefficient (Wildman–Crippen LogP) is 2.59. The Kier molecular flexibility index (Phi) is 4.74. The molecule has 1 aromatic rings. The van der Waals surface area contributed by atoms with E-state index in [1.807, 2.05) is 37.3 Å². The van der Waals surface area contributed by atoms with E-state index in [0.717, 1.165) is 11.3 Å². The lowest BCUT2D eigenvalue weighted by molar-refractivity contribution is 0.0858. The Morgan fingerprint density at radius 3 is 2.75 bits per heavy atom. The molecule has 0 spiro atoms. The van der Waals surface area contributed by atoms with Crippen LogP contribution < -0.4 is 0 Å². The minimum atomic E-state index is -0.901. The highest BCUT2D eigenvalue weighted by molar-refractivity contribution is 5.91. The van der Waals surface area contributed by atoms with Crippen molar-refractivity contribution in [1.29, 1.82) is 0 Å². The lowest BCUT2D eigenvalue weighted by Gasteiger charge is -2.31. The molecule has 0 bridgehead atoms. The van der Waals surface area contributed by atoms with E-state index in [4.69, 9.17) is 14.8 Å². The van der Waals surface area contributed by atoms with Gasteiger partial charge in [0.15, 0.2) is 0 Å². The standard InChI is InChI=1S/C15H20N2O3/c1-11(12-6-4-3-5-7-12)16-13-8-9-17(15(18)19)10-14(13)20-2/h3-7,11,14H,8-10H2,1-2H3,(H,18,19). The lowest BCUT2D eigenvalue weighted by Crippen LogP contribution is -2.47. The third-order valence-corrected chi connectivity index (χ3v) is 3.59. The molecule has 1 aliphatic heterocycles. The van der Waals surface area contributed by atoms with Crippen molar-refractivity contribution in [3.63, 3.8) is 0 Å². The van der Waals surface area contributed by atoms with Gasteiger partial charge in [-0.15, -0.1) is 0 Å². The monoisotopic (exact) mass is 276 g/mol. The molecule has 1 aromatic carbocycles. The number of carboxylic acid groups (broad SMARTS) is 1. The topological polar surface area (TPSA) is 62.1 Å². The number of hydrogen-bond acceptors (Lipinski definition) is 3. The molecule has 0 radical (unpaired) electrons. The molecule has 1 aliphatic rings. The molecule has 2 atom stereocenters. The van der Waals surface area contributed by atoms with Crippen LogP contribution in [0.3, 0.4) is 0 Å². The number of aliphatic imine (C=N–C) groups is 1. The molecule has 1 heterocycles. The Hall–Kier alpha value is -1.88. The average molecular weight is 276 g/mol. The number of hydrogen-bond donors (Lipinski definition) is 1. The van der Waals surface area contributed by atoms with E-state index in [9.17, 15) is 4.79 Å². The van der Waals surface area contributed by atoms with Crippen LogP contribution in [0, 0.1) is 0 Å². The number of amides is 1. The zero-order chi connectivity index (χ0) is 14.5. The van der Waals surface area contributed by atoms with E-state index in [1.54, 1.807) is 7.11 Å². The summed E-state index contributed by atoms with van der Waals surface area (Å²) in [5.41, 5.74) is 2.09. The maximum absolute atomic E-state index is 11.0. The van der Waals surface area contributed by atoms with Crippen LogP contribution in [0.15, 0.2) is 35.3 Å². The summed E-state index contributed by atoms with van der Waals surface area (Å²) in [6.07, 6.45) is -0.518. The van der Waals surface area contributed by atoms with Gasteiger partial charge in [-0.05, 0) is 12.5 Å².